The molecule has 2 rings (SSSR count). The number of alkyl halides is 6. The summed E-state index contributed by atoms with van der Waals surface area (Å²) in [5.74, 6) is -2.21. The highest BCUT2D eigenvalue weighted by Gasteiger charge is 2.49. The summed E-state index contributed by atoms with van der Waals surface area (Å²) >= 11 is 5.44. The van der Waals surface area contributed by atoms with Gasteiger partial charge >= 0.3 is 12.4 Å². The minimum Gasteiger partial charge on any atom is -0.369 e. The van der Waals surface area contributed by atoms with Crippen LogP contribution in [0.4, 0.5) is 32.2 Å². The maximum Gasteiger partial charge on any atom is 0.421 e. The third-order valence-corrected chi connectivity index (χ3v) is 3.65. The standard InChI is InChI=1S/C13H13ClF6N4O/c14-11-22-5-7(12(15,16)17)10(24-11)21-4-3-8(25)23-9(6-1-2-6)13(18,19)20/h5-6,9H,1-4H2,(H,23,25)(H,21,22,24). The largest absolute Gasteiger partial charge is 0.421 e. The van der Waals surface area contributed by atoms with E-state index in [2.05, 4.69) is 15.3 Å². The second kappa shape index (κ2) is 7.22. The van der Waals surface area contributed by atoms with Crippen LogP contribution >= 0.6 is 11.6 Å². The predicted molar refractivity (Wildman–Crippen MR) is 75.9 cm³/mol. The Hall–Kier alpha value is -1.78. The molecule has 140 valence electrons. The van der Waals surface area contributed by atoms with Gasteiger partial charge in [-0.25, -0.2) is 9.97 Å². The third kappa shape index (κ3) is 5.62. The Morgan fingerprint density at radius 3 is 2.44 bits per heavy atom. The van der Waals surface area contributed by atoms with E-state index >= 15 is 0 Å². The average Bonchev–Trinajstić information content (AvgIpc) is 3.26. The van der Waals surface area contributed by atoms with Gasteiger partial charge in [0.15, 0.2) is 0 Å². The molecule has 0 bridgehead atoms. The van der Waals surface area contributed by atoms with Gasteiger partial charge in [0.1, 0.15) is 17.4 Å². The van der Waals surface area contributed by atoms with Crippen LogP contribution in [-0.2, 0) is 11.0 Å². The molecule has 1 amide bonds. The summed E-state index contributed by atoms with van der Waals surface area (Å²) in [5.41, 5.74) is -1.19. The van der Waals surface area contributed by atoms with E-state index < -0.39 is 53.3 Å². The molecular weight excluding hydrogens is 378 g/mol. The summed E-state index contributed by atoms with van der Waals surface area (Å²) < 4.78 is 76.8. The van der Waals surface area contributed by atoms with E-state index in [4.69, 9.17) is 11.6 Å². The minimum absolute atomic E-state index is 0.350. The fraction of sp³-hybridized carbons (Fsp3) is 0.615. The molecule has 12 heteroatoms. The summed E-state index contributed by atoms with van der Waals surface area (Å²) in [6, 6.07) is -1.93. The summed E-state index contributed by atoms with van der Waals surface area (Å²) in [4.78, 5) is 18.3. The summed E-state index contributed by atoms with van der Waals surface area (Å²) in [5, 5.41) is 3.69. The van der Waals surface area contributed by atoms with Crippen LogP contribution in [-0.4, -0.2) is 34.6 Å². The number of amides is 1. The number of hydrogen-bond acceptors (Lipinski definition) is 4. The lowest BCUT2D eigenvalue weighted by Gasteiger charge is -2.21. The molecule has 2 N–H and O–H groups in total. The highest BCUT2D eigenvalue weighted by molar-refractivity contribution is 6.28. The zero-order chi connectivity index (χ0) is 18.8. The zero-order valence-corrected chi connectivity index (χ0v) is 13.3. The summed E-state index contributed by atoms with van der Waals surface area (Å²) in [6.07, 6.45) is -8.55. The molecule has 0 spiro atoms. The lowest BCUT2D eigenvalue weighted by atomic mass is 10.1. The van der Waals surface area contributed by atoms with Crippen LogP contribution < -0.4 is 10.6 Å². The lowest BCUT2D eigenvalue weighted by Crippen LogP contribution is -2.47. The highest BCUT2D eigenvalue weighted by Crippen LogP contribution is 2.40. The molecule has 0 radical (unpaired) electrons. The van der Waals surface area contributed by atoms with E-state index in [0.29, 0.717) is 19.0 Å². The normalized spacial score (nSPS) is 16.4. The maximum absolute atomic E-state index is 12.8. The summed E-state index contributed by atoms with van der Waals surface area (Å²) in [7, 11) is 0. The number of nitrogens with zero attached hydrogens (tertiary/aromatic N) is 2. The second-order valence-electron chi connectivity index (χ2n) is 5.50. The van der Waals surface area contributed by atoms with Gasteiger partial charge in [-0.15, -0.1) is 0 Å². The minimum atomic E-state index is -4.75. The molecule has 0 aliphatic heterocycles. The first-order valence-electron chi connectivity index (χ1n) is 7.18. The van der Waals surface area contributed by atoms with Crippen molar-refractivity contribution in [2.45, 2.75) is 37.7 Å². The molecule has 0 saturated heterocycles. The fourth-order valence-corrected chi connectivity index (χ4v) is 2.27. The number of halogens is 7. The zero-order valence-electron chi connectivity index (χ0n) is 12.5. The maximum atomic E-state index is 12.8. The average molecular weight is 391 g/mol. The molecule has 1 heterocycles. The van der Waals surface area contributed by atoms with Crippen LogP contribution in [0.15, 0.2) is 6.20 Å². The van der Waals surface area contributed by atoms with Gasteiger partial charge in [0.25, 0.3) is 0 Å². The van der Waals surface area contributed by atoms with Crippen molar-refractivity contribution in [3.63, 3.8) is 0 Å². The molecule has 25 heavy (non-hydrogen) atoms. The van der Waals surface area contributed by atoms with E-state index in [-0.39, 0.29) is 6.54 Å². The molecule has 1 aromatic heterocycles. The quantitative estimate of drug-likeness (QED) is 0.577. The Balaban J connectivity index is 1.92. The molecule has 1 aliphatic carbocycles. The van der Waals surface area contributed by atoms with Gasteiger partial charge in [-0.3, -0.25) is 4.79 Å². The Bertz CT molecular complexity index is 632. The molecule has 1 fully saturated rings. The van der Waals surface area contributed by atoms with Crippen LogP contribution in [0.5, 0.6) is 0 Å². The fourth-order valence-electron chi connectivity index (χ4n) is 2.14. The van der Waals surface area contributed by atoms with Crippen molar-refractivity contribution in [1.29, 1.82) is 0 Å². The SMILES string of the molecule is O=C(CCNc1nc(Cl)ncc1C(F)(F)F)NC(C1CC1)C(F)(F)F. The lowest BCUT2D eigenvalue weighted by molar-refractivity contribution is -0.165. The number of aromatic nitrogens is 2. The smallest absolute Gasteiger partial charge is 0.369 e. The van der Waals surface area contributed by atoms with E-state index in [9.17, 15) is 31.1 Å². The molecular formula is C13H13ClF6N4O. The van der Waals surface area contributed by atoms with Crippen molar-refractivity contribution in [3.8, 4) is 0 Å². The molecule has 1 unspecified atom stereocenters. The molecule has 1 saturated carbocycles. The molecule has 0 aromatic carbocycles. The van der Waals surface area contributed by atoms with Gasteiger partial charge in [-0.2, -0.15) is 26.3 Å². The second-order valence-corrected chi connectivity index (χ2v) is 5.84. The van der Waals surface area contributed by atoms with Crippen LogP contribution in [0.25, 0.3) is 0 Å². The Kier molecular flexibility index (Phi) is 5.65. The highest BCUT2D eigenvalue weighted by atomic mass is 35.5. The van der Waals surface area contributed by atoms with Gasteiger partial charge in [0.05, 0.1) is 0 Å². The van der Waals surface area contributed by atoms with Crippen molar-refractivity contribution in [2.75, 3.05) is 11.9 Å². The Morgan fingerprint density at radius 1 is 1.28 bits per heavy atom. The topological polar surface area (TPSA) is 66.9 Å². The van der Waals surface area contributed by atoms with E-state index in [0.717, 1.165) is 0 Å². The number of anilines is 1. The first-order valence-corrected chi connectivity index (χ1v) is 7.56. The molecule has 5 nitrogen and oxygen atoms in total. The van der Waals surface area contributed by atoms with Gasteiger partial charge < -0.3 is 10.6 Å². The van der Waals surface area contributed by atoms with Crippen LogP contribution in [0, 0.1) is 5.92 Å². The Labute approximate surface area is 143 Å². The first-order chi connectivity index (χ1) is 11.5. The van der Waals surface area contributed by atoms with Crippen molar-refractivity contribution >= 4 is 23.3 Å². The van der Waals surface area contributed by atoms with Crippen LogP contribution in [0.1, 0.15) is 24.8 Å². The molecule has 1 atom stereocenters. The van der Waals surface area contributed by atoms with Gasteiger partial charge in [-0.1, -0.05) is 0 Å². The number of hydrogen-bond donors (Lipinski definition) is 2. The van der Waals surface area contributed by atoms with Crippen LogP contribution in [0.3, 0.4) is 0 Å². The number of rotatable bonds is 6. The Morgan fingerprint density at radius 2 is 1.92 bits per heavy atom. The van der Waals surface area contributed by atoms with E-state index in [1.165, 1.54) is 0 Å². The molecule has 1 aliphatic rings. The summed E-state index contributed by atoms with van der Waals surface area (Å²) in [6.45, 7) is -0.350. The van der Waals surface area contributed by atoms with Crippen molar-refractivity contribution < 1.29 is 31.1 Å². The van der Waals surface area contributed by atoms with E-state index in [1.807, 2.05) is 5.32 Å². The van der Waals surface area contributed by atoms with Crippen molar-refractivity contribution in [1.82, 2.24) is 15.3 Å². The monoisotopic (exact) mass is 390 g/mol. The van der Waals surface area contributed by atoms with E-state index in [1.54, 1.807) is 0 Å². The van der Waals surface area contributed by atoms with Crippen molar-refractivity contribution in [3.05, 3.63) is 17.0 Å². The number of carbonyl (C=O) groups is 1. The van der Waals surface area contributed by atoms with Gasteiger partial charge in [-0.05, 0) is 30.4 Å². The van der Waals surface area contributed by atoms with Gasteiger partial charge in [0, 0.05) is 19.2 Å². The predicted octanol–water partition coefficient (Wildman–Crippen LogP) is 3.41. The number of carbonyl (C=O) groups excluding carboxylic acids is 1. The third-order valence-electron chi connectivity index (χ3n) is 3.47. The van der Waals surface area contributed by atoms with Crippen LogP contribution in [0.2, 0.25) is 5.28 Å². The first kappa shape index (κ1) is 19.5. The molecule has 1 aromatic rings. The van der Waals surface area contributed by atoms with Gasteiger partial charge in [0.2, 0.25) is 11.2 Å². The number of nitrogens with one attached hydrogen (secondary N) is 2. The van der Waals surface area contributed by atoms with Crippen molar-refractivity contribution in [2.24, 2.45) is 5.92 Å².